The van der Waals surface area contributed by atoms with Crippen molar-refractivity contribution in [3.8, 4) is 0 Å². The molecule has 0 radical (unpaired) electrons. The van der Waals surface area contributed by atoms with Crippen LogP contribution in [0.3, 0.4) is 0 Å². The lowest BCUT2D eigenvalue weighted by atomic mass is 10.1. The number of primary amides is 1. The van der Waals surface area contributed by atoms with Gasteiger partial charge in [-0.05, 0) is 0 Å². The first-order valence-corrected chi connectivity index (χ1v) is 5.95. The van der Waals surface area contributed by atoms with Gasteiger partial charge in [-0.3, -0.25) is 4.79 Å². The molecule has 8 heteroatoms. The third-order valence-electron chi connectivity index (χ3n) is 2.76. The minimum atomic E-state index is -0.894. The van der Waals surface area contributed by atoms with Gasteiger partial charge in [-0.25, -0.2) is 9.59 Å². The van der Waals surface area contributed by atoms with E-state index >= 15 is 0 Å². The van der Waals surface area contributed by atoms with Crippen LogP contribution in [-0.4, -0.2) is 53.3 Å². The predicted octanol–water partition coefficient (Wildman–Crippen LogP) is -0.703. The molecule has 0 aliphatic carbocycles. The van der Waals surface area contributed by atoms with Crippen molar-refractivity contribution in [1.29, 1.82) is 0 Å². The normalized spacial score (nSPS) is 30.5. The molecule has 2 aliphatic rings. The van der Waals surface area contributed by atoms with E-state index in [4.69, 9.17) is 5.73 Å². The van der Waals surface area contributed by atoms with E-state index in [0.717, 1.165) is 0 Å². The first-order valence-electron chi connectivity index (χ1n) is 5.01. The molecule has 7 nitrogen and oxygen atoms in total. The average Bonchev–Trinajstić information content (AvgIpc) is 2.57. The Labute approximate surface area is 102 Å². The first-order chi connectivity index (χ1) is 8.04. The van der Waals surface area contributed by atoms with Crippen molar-refractivity contribution >= 4 is 29.7 Å². The van der Waals surface area contributed by atoms with Crippen molar-refractivity contribution in [1.82, 2.24) is 4.90 Å². The average molecular weight is 260 g/mol. The fourth-order valence-corrected chi connectivity index (χ4v) is 3.55. The minimum absolute atomic E-state index is 0.0000463. The third kappa shape index (κ3) is 2.04. The minimum Gasteiger partial charge on any atom is -0.467 e. The maximum atomic E-state index is 11.6. The lowest BCUT2D eigenvalue weighted by molar-refractivity contribution is -0.158. The molecule has 0 bridgehead atoms. The second kappa shape index (κ2) is 4.44. The molecule has 3 unspecified atom stereocenters. The molecule has 0 saturated carbocycles. The van der Waals surface area contributed by atoms with E-state index in [-0.39, 0.29) is 23.1 Å². The van der Waals surface area contributed by atoms with Gasteiger partial charge in [-0.1, -0.05) is 0 Å². The van der Waals surface area contributed by atoms with Crippen LogP contribution in [0.2, 0.25) is 0 Å². The number of amides is 2. The molecule has 0 spiro atoms. The van der Waals surface area contributed by atoms with Crippen LogP contribution in [0.25, 0.3) is 0 Å². The van der Waals surface area contributed by atoms with Crippen LogP contribution in [-0.2, 0) is 19.1 Å². The number of rotatable bonds is 3. The summed E-state index contributed by atoms with van der Waals surface area (Å²) >= 11 is 1.43. The number of hydrogen-bond acceptors (Lipinski definition) is 6. The van der Waals surface area contributed by atoms with E-state index in [9.17, 15) is 14.4 Å². The number of nitrogens with zero attached hydrogens (tertiary/aromatic N) is 1. The summed E-state index contributed by atoms with van der Waals surface area (Å²) < 4.78 is 9.34. The molecule has 2 amide bonds. The number of methoxy groups -OCH3 is 1. The highest BCUT2D eigenvalue weighted by molar-refractivity contribution is 8.01. The van der Waals surface area contributed by atoms with Crippen LogP contribution in [0.4, 0.5) is 4.79 Å². The van der Waals surface area contributed by atoms with Gasteiger partial charge in [0, 0.05) is 0 Å². The standard InChI is InChI=1S/C9H12N2O5S/c1-15-8(13)7-4(3-16-9(10)14)17-6-2-5(12)11(6)7/h4,6-7H,2-3H2,1H3,(H2,10,14). The van der Waals surface area contributed by atoms with Crippen LogP contribution in [0.5, 0.6) is 0 Å². The third-order valence-corrected chi connectivity index (χ3v) is 4.22. The van der Waals surface area contributed by atoms with Gasteiger partial charge in [0.05, 0.1) is 24.2 Å². The molecule has 0 aromatic rings. The molecule has 2 aliphatic heterocycles. The first kappa shape index (κ1) is 12.0. The van der Waals surface area contributed by atoms with Gasteiger partial charge >= 0.3 is 12.1 Å². The fourth-order valence-electron chi connectivity index (χ4n) is 1.99. The molecule has 0 aromatic heterocycles. The van der Waals surface area contributed by atoms with Crippen molar-refractivity contribution in [2.45, 2.75) is 23.1 Å². The van der Waals surface area contributed by atoms with Gasteiger partial charge in [0.25, 0.3) is 0 Å². The highest BCUT2D eigenvalue weighted by Crippen LogP contribution is 2.44. The second-order valence-electron chi connectivity index (χ2n) is 3.73. The van der Waals surface area contributed by atoms with E-state index in [0.29, 0.717) is 6.42 Å². The zero-order valence-corrected chi connectivity index (χ0v) is 9.94. The molecule has 2 saturated heterocycles. The SMILES string of the molecule is COC(=O)C1C(COC(N)=O)SC2CC(=O)N21. The Hall–Kier alpha value is -1.44. The molecule has 2 heterocycles. The largest absolute Gasteiger partial charge is 0.467 e. The number of carbonyl (C=O) groups is 3. The number of hydrogen-bond donors (Lipinski definition) is 1. The van der Waals surface area contributed by atoms with Crippen LogP contribution >= 0.6 is 11.8 Å². The number of β-lactam (4-membered cyclic amide) rings is 1. The Morgan fingerprint density at radius 3 is 2.82 bits per heavy atom. The number of fused-ring (bicyclic) bond motifs is 1. The Bertz CT molecular complexity index is 374. The summed E-state index contributed by atoms with van der Waals surface area (Å²) in [6.07, 6.45) is -0.486. The number of ether oxygens (including phenoxy) is 2. The molecule has 2 rings (SSSR count). The maximum Gasteiger partial charge on any atom is 0.404 e. The number of thioether (sulfide) groups is 1. The second-order valence-corrected chi connectivity index (χ2v) is 5.15. The topological polar surface area (TPSA) is 98.9 Å². The summed E-state index contributed by atoms with van der Waals surface area (Å²) in [5.74, 6) is -0.578. The van der Waals surface area contributed by atoms with E-state index < -0.39 is 18.1 Å². The molecule has 2 fully saturated rings. The van der Waals surface area contributed by atoms with Gasteiger partial charge in [-0.2, -0.15) is 0 Å². The fraction of sp³-hybridized carbons (Fsp3) is 0.667. The van der Waals surface area contributed by atoms with Crippen LogP contribution < -0.4 is 5.73 Å². The van der Waals surface area contributed by atoms with Gasteiger partial charge < -0.3 is 20.1 Å². The van der Waals surface area contributed by atoms with Crippen molar-refractivity contribution in [2.75, 3.05) is 13.7 Å². The molecule has 17 heavy (non-hydrogen) atoms. The van der Waals surface area contributed by atoms with Crippen molar-refractivity contribution in [3.63, 3.8) is 0 Å². The number of carbonyl (C=O) groups excluding carboxylic acids is 3. The van der Waals surface area contributed by atoms with E-state index in [1.807, 2.05) is 0 Å². The van der Waals surface area contributed by atoms with Crippen LogP contribution in [0.15, 0.2) is 0 Å². The Balaban J connectivity index is 2.06. The molecule has 94 valence electrons. The lowest BCUT2D eigenvalue weighted by Crippen LogP contribution is -2.56. The highest BCUT2D eigenvalue weighted by atomic mass is 32.2. The van der Waals surface area contributed by atoms with Gasteiger partial charge in [0.15, 0.2) is 0 Å². The Morgan fingerprint density at radius 1 is 1.59 bits per heavy atom. The highest BCUT2D eigenvalue weighted by Gasteiger charge is 2.55. The van der Waals surface area contributed by atoms with E-state index in [1.165, 1.54) is 23.8 Å². The van der Waals surface area contributed by atoms with E-state index in [2.05, 4.69) is 9.47 Å². The Kier molecular flexibility index (Phi) is 3.14. The summed E-state index contributed by atoms with van der Waals surface area (Å²) in [6.45, 7) is 0.0000463. The monoisotopic (exact) mass is 260 g/mol. The van der Waals surface area contributed by atoms with Crippen molar-refractivity contribution in [2.24, 2.45) is 5.73 Å². The smallest absolute Gasteiger partial charge is 0.404 e. The number of nitrogens with two attached hydrogens (primary N) is 1. The lowest BCUT2D eigenvalue weighted by Gasteiger charge is -2.36. The zero-order chi connectivity index (χ0) is 12.6. The van der Waals surface area contributed by atoms with Gasteiger partial charge in [-0.15, -0.1) is 11.8 Å². The maximum absolute atomic E-state index is 11.6. The summed E-state index contributed by atoms with van der Waals surface area (Å²) in [5.41, 5.74) is 4.87. The van der Waals surface area contributed by atoms with Crippen LogP contribution in [0.1, 0.15) is 6.42 Å². The van der Waals surface area contributed by atoms with Crippen LogP contribution in [0, 0.1) is 0 Å². The summed E-state index contributed by atoms with van der Waals surface area (Å²) in [4.78, 5) is 35.0. The molecular weight excluding hydrogens is 248 g/mol. The molecule has 3 atom stereocenters. The number of esters is 1. The predicted molar refractivity (Wildman–Crippen MR) is 58.0 cm³/mol. The van der Waals surface area contributed by atoms with Crippen molar-refractivity contribution < 1.29 is 23.9 Å². The zero-order valence-electron chi connectivity index (χ0n) is 9.12. The molecular formula is C9H12N2O5S. The summed E-state index contributed by atoms with van der Waals surface area (Å²) in [5, 5.41) is -0.334. The summed E-state index contributed by atoms with van der Waals surface area (Å²) in [7, 11) is 1.26. The molecule has 2 N–H and O–H groups in total. The molecule has 0 aromatic carbocycles. The Morgan fingerprint density at radius 2 is 2.29 bits per heavy atom. The quantitative estimate of drug-likeness (QED) is 0.532. The van der Waals surface area contributed by atoms with E-state index in [1.54, 1.807) is 0 Å². The van der Waals surface area contributed by atoms with Gasteiger partial charge in [0.1, 0.15) is 12.6 Å². The van der Waals surface area contributed by atoms with Gasteiger partial charge in [0.2, 0.25) is 5.91 Å². The van der Waals surface area contributed by atoms with Crippen molar-refractivity contribution in [3.05, 3.63) is 0 Å². The summed E-state index contributed by atoms with van der Waals surface area (Å²) in [6, 6.07) is -0.685.